The first-order valence-electron chi connectivity index (χ1n) is 9.59. The van der Waals surface area contributed by atoms with Crippen molar-refractivity contribution in [1.82, 2.24) is 14.5 Å². The molecule has 0 unspecified atom stereocenters. The molecule has 4 heteroatoms. The normalized spacial score (nSPS) is 11.1. The standard InChI is InChI=1S/C25H20N4/c1-17-27-24(26)22-21(18-11-5-2-6-12-18)23(19-13-7-3-8-14-19)29(25(22)28-17)20-15-9-4-10-16-20/h2-16H,1H3,(H2,26,27,28). The molecule has 0 saturated carbocycles. The predicted octanol–water partition coefficient (Wildman–Crippen LogP) is 5.65. The fourth-order valence-electron chi connectivity index (χ4n) is 3.90. The van der Waals surface area contributed by atoms with Crippen LogP contribution in [0.4, 0.5) is 5.82 Å². The third-order valence-electron chi connectivity index (χ3n) is 5.08. The van der Waals surface area contributed by atoms with Crippen molar-refractivity contribution in [2.24, 2.45) is 0 Å². The lowest BCUT2D eigenvalue weighted by molar-refractivity contribution is 1.04. The van der Waals surface area contributed by atoms with E-state index in [4.69, 9.17) is 10.7 Å². The molecule has 0 aliphatic carbocycles. The maximum atomic E-state index is 6.47. The van der Waals surface area contributed by atoms with Gasteiger partial charge in [0.1, 0.15) is 11.6 Å². The van der Waals surface area contributed by atoms with E-state index in [1.54, 1.807) is 0 Å². The number of fused-ring (bicyclic) bond motifs is 1. The molecule has 0 bridgehead atoms. The highest BCUT2D eigenvalue weighted by Crippen LogP contribution is 2.43. The second-order valence-electron chi connectivity index (χ2n) is 6.98. The highest BCUT2D eigenvalue weighted by atomic mass is 15.1. The zero-order valence-corrected chi connectivity index (χ0v) is 16.1. The molecule has 4 nitrogen and oxygen atoms in total. The van der Waals surface area contributed by atoms with E-state index in [9.17, 15) is 0 Å². The fourth-order valence-corrected chi connectivity index (χ4v) is 3.90. The van der Waals surface area contributed by atoms with E-state index in [2.05, 4.69) is 58.1 Å². The van der Waals surface area contributed by atoms with Gasteiger partial charge in [0.25, 0.3) is 0 Å². The minimum absolute atomic E-state index is 0.498. The van der Waals surface area contributed by atoms with Crippen LogP contribution in [0, 0.1) is 6.92 Å². The molecule has 0 radical (unpaired) electrons. The summed E-state index contributed by atoms with van der Waals surface area (Å²) in [6.07, 6.45) is 0. The third kappa shape index (κ3) is 2.86. The van der Waals surface area contributed by atoms with Crippen molar-refractivity contribution in [1.29, 1.82) is 0 Å². The Labute approximate surface area is 169 Å². The molecule has 3 aromatic carbocycles. The van der Waals surface area contributed by atoms with Crippen LogP contribution in [-0.4, -0.2) is 14.5 Å². The summed E-state index contributed by atoms with van der Waals surface area (Å²) in [5.41, 5.74) is 12.6. The molecule has 0 saturated heterocycles. The minimum Gasteiger partial charge on any atom is -0.383 e. The fraction of sp³-hybridized carbons (Fsp3) is 0.0400. The number of aromatic nitrogens is 3. The zero-order valence-electron chi connectivity index (χ0n) is 16.1. The molecule has 0 atom stereocenters. The second kappa shape index (κ2) is 6.91. The van der Waals surface area contributed by atoms with Crippen LogP contribution in [0.5, 0.6) is 0 Å². The van der Waals surface area contributed by atoms with E-state index < -0.39 is 0 Å². The summed E-state index contributed by atoms with van der Waals surface area (Å²) in [6, 6.07) is 31.0. The first-order valence-corrected chi connectivity index (χ1v) is 9.59. The molecule has 0 amide bonds. The van der Waals surface area contributed by atoms with Crippen LogP contribution in [0.2, 0.25) is 0 Å². The Morgan fingerprint density at radius 1 is 0.690 bits per heavy atom. The van der Waals surface area contributed by atoms with E-state index >= 15 is 0 Å². The maximum Gasteiger partial charge on any atom is 0.151 e. The lowest BCUT2D eigenvalue weighted by Crippen LogP contribution is -2.01. The molecule has 2 N–H and O–H groups in total. The number of hydrogen-bond donors (Lipinski definition) is 1. The Morgan fingerprint density at radius 2 is 1.24 bits per heavy atom. The van der Waals surface area contributed by atoms with Gasteiger partial charge in [-0.3, -0.25) is 4.57 Å². The molecule has 5 rings (SSSR count). The second-order valence-corrected chi connectivity index (χ2v) is 6.98. The number of nitrogen functional groups attached to an aromatic ring is 1. The van der Waals surface area contributed by atoms with Crippen molar-refractivity contribution in [3.63, 3.8) is 0 Å². The average molecular weight is 376 g/mol. The largest absolute Gasteiger partial charge is 0.383 e. The SMILES string of the molecule is Cc1nc(N)c2c(-c3ccccc3)c(-c3ccccc3)n(-c3ccccc3)c2n1. The average Bonchev–Trinajstić information content (AvgIpc) is 3.11. The smallest absolute Gasteiger partial charge is 0.151 e. The number of nitrogens with two attached hydrogens (primary N) is 1. The lowest BCUT2D eigenvalue weighted by atomic mass is 9.99. The van der Waals surface area contributed by atoms with E-state index in [-0.39, 0.29) is 0 Å². The Balaban J connectivity index is 2.02. The van der Waals surface area contributed by atoms with Gasteiger partial charge in [0.15, 0.2) is 5.65 Å². The van der Waals surface area contributed by atoms with Gasteiger partial charge in [-0.1, -0.05) is 78.9 Å². The highest BCUT2D eigenvalue weighted by Gasteiger charge is 2.24. The van der Waals surface area contributed by atoms with E-state index in [0.29, 0.717) is 11.6 Å². The number of benzene rings is 3. The van der Waals surface area contributed by atoms with Crippen LogP contribution in [-0.2, 0) is 0 Å². The number of nitrogens with zero attached hydrogens (tertiary/aromatic N) is 3. The number of para-hydroxylation sites is 1. The van der Waals surface area contributed by atoms with Gasteiger partial charge in [0.2, 0.25) is 0 Å². The highest BCUT2D eigenvalue weighted by molar-refractivity contribution is 6.08. The van der Waals surface area contributed by atoms with Gasteiger partial charge in [0, 0.05) is 11.3 Å². The van der Waals surface area contributed by atoms with Gasteiger partial charge in [-0.05, 0) is 30.2 Å². The molecular weight excluding hydrogens is 356 g/mol. The third-order valence-corrected chi connectivity index (χ3v) is 5.08. The van der Waals surface area contributed by atoms with Gasteiger partial charge in [-0.25, -0.2) is 9.97 Å². The molecule has 0 aliphatic heterocycles. The van der Waals surface area contributed by atoms with Gasteiger partial charge in [-0.2, -0.15) is 0 Å². The van der Waals surface area contributed by atoms with Crippen molar-refractivity contribution in [2.45, 2.75) is 6.92 Å². The number of rotatable bonds is 3. The van der Waals surface area contributed by atoms with E-state index in [1.165, 1.54) is 0 Å². The monoisotopic (exact) mass is 376 g/mol. The van der Waals surface area contributed by atoms with Gasteiger partial charge in [-0.15, -0.1) is 0 Å². The Kier molecular flexibility index (Phi) is 4.10. The molecule has 0 aliphatic rings. The first-order chi connectivity index (χ1) is 14.2. The molecule has 2 aromatic heterocycles. The van der Waals surface area contributed by atoms with Gasteiger partial charge >= 0.3 is 0 Å². The molecule has 0 spiro atoms. The van der Waals surface area contributed by atoms with Crippen molar-refractivity contribution < 1.29 is 0 Å². The number of aryl methyl sites for hydroxylation is 1. The molecule has 140 valence electrons. The summed E-state index contributed by atoms with van der Waals surface area (Å²) >= 11 is 0. The molecule has 0 fully saturated rings. The lowest BCUT2D eigenvalue weighted by Gasteiger charge is -2.12. The van der Waals surface area contributed by atoms with Crippen molar-refractivity contribution in [2.75, 3.05) is 5.73 Å². The molecular formula is C25H20N4. The van der Waals surface area contributed by atoms with Crippen LogP contribution < -0.4 is 5.73 Å². The van der Waals surface area contributed by atoms with E-state index in [0.717, 1.165) is 39.1 Å². The summed E-state index contributed by atoms with van der Waals surface area (Å²) in [5, 5.41) is 0.879. The minimum atomic E-state index is 0.498. The Hall–Kier alpha value is -3.92. The Bertz CT molecular complexity index is 1290. The van der Waals surface area contributed by atoms with Crippen LogP contribution in [0.25, 0.3) is 39.1 Å². The number of anilines is 1. The van der Waals surface area contributed by atoms with Crippen molar-refractivity contribution >= 4 is 16.9 Å². The molecule has 29 heavy (non-hydrogen) atoms. The predicted molar refractivity (Wildman–Crippen MR) is 119 cm³/mol. The van der Waals surface area contributed by atoms with Crippen LogP contribution >= 0.6 is 0 Å². The summed E-state index contributed by atoms with van der Waals surface area (Å²) in [4.78, 5) is 9.30. The van der Waals surface area contributed by atoms with Gasteiger partial charge < -0.3 is 5.73 Å². The topological polar surface area (TPSA) is 56.7 Å². The van der Waals surface area contributed by atoms with Gasteiger partial charge in [0.05, 0.1) is 11.1 Å². The summed E-state index contributed by atoms with van der Waals surface area (Å²) in [5.74, 6) is 1.15. The maximum absolute atomic E-state index is 6.47. The van der Waals surface area contributed by atoms with E-state index in [1.807, 2.05) is 49.4 Å². The van der Waals surface area contributed by atoms with Crippen molar-refractivity contribution in [3.8, 4) is 28.1 Å². The Morgan fingerprint density at radius 3 is 1.86 bits per heavy atom. The summed E-state index contributed by atoms with van der Waals surface area (Å²) in [6.45, 7) is 1.88. The number of hydrogen-bond acceptors (Lipinski definition) is 3. The van der Waals surface area contributed by atoms with Crippen LogP contribution in [0.3, 0.4) is 0 Å². The van der Waals surface area contributed by atoms with Crippen molar-refractivity contribution in [3.05, 3.63) is 96.8 Å². The van der Waals surface area contributed by atoms with Crippen LogP contribution in [0.15, 0.2) is 91.0 Å². The summed E-state index contributed by atoms with van der Waals surface area (Å²) in [7, 11) is 0. The zero-order chi connectivity index (χ0) is 19.8. The molecule has 2 heterocycles. The quantitative estimate of drug-likeness (QED) is 0.443. The first kappa shape index (κ1) is 17.2. The van der Waals surface area contributed by atoms with Crippen LogP contribution in [0.1, 0.15) is 5.82 Å². The molecule has 5 aromatic rings. The summed E-state index contributed by atoms with van der Waals surface area (Å²) < 4.78 is 2.19.